The first-order valence-corrected chi connectivity index (χ1v) is 8.40. The van der Waals surface area contributed by atoms with Crippen molar-refractivity contribution in [1.29, 1.82) is 5.26 Å². The van der Waals surface area contributed by atoms with E-state index < -0.39 is 0 Å². The molecule has 22 heavy (non-hydrogen) atoms. The Labute approximate surface area is 139 Å². The molecule has 1 fully saturated rings. The third kappa shape index (κ3) is 3.25. The van der Waals surface area contributed by atoms with Gasteiger partial charge >= 0.3 is 0 Å². The Balaban J connectivity index is 1.65. The monoisotopic (exact) mass is 332 g/mol. The minimum absolute atomic E-state index is 0.293. The van der Waals surface area contributed by atoms with Crippen LogP contribution in [0.5, 0.6) is 0 Å². The molecule has 1 aromatic carbocycles. The van der Waals surface area contributed by atoms with Gasteiger partial charge in [-0.15, -0.1) is 0 Å². The fourth-order valence-corrected chi connectivity index (χ4v) is 3.86. The van der Waals surface area contributed by atoms with Gasteiger partial charge in [0.05, 0.1) is 0 Å². The fourth-order valence-electron chi connectivity index (χ4n) is 2.86. The molecular weight excluding hydrogens is 316 g/mol. The molecular formula is C16H17ClN4S. The maximum absolute atomic E-state index is 9.16. The predicted octanol–water partition coefficient (Wildman–Crippen LogP) is 3.60. The molecule has 1 saturated heterocycles. The van der Waals surface area contributed by atoms with Gasteiger partial charge in [0, 0.05) is 25.7 Å². The lowest BCUT2D eigenvalue weighted by Crippen LogP contribution is -2.27. The second-order valence-electron chi connectivity index (χ2n) is 5.70. The molecule has 4 nitrogen and oxygen atoms in total. The molecule has 2 aromatic rings. The number of aromatic nitrogens is 1. The van der Waals surface area contributed by atoms with E-state index in [9.17, 15) is 0 Å². The molecule has 0 saturated carbocycles. The van der Waals surface area contributed by atoms with Crippen LogP contribution in [0.25, 0.3) is 0 Å². The van der Waals surface area contributed by atoms with Crippen LogP contribution in [0.2, 0.25) is 5.15 Å². The number of nitriles is 1. The summed E-state index contributed by atoms with van der Waals surface area (Å²) < 4.78 is 4.05. The Morgan fingerprint density at radius 2 is 2.18 bits per heavy atom. The lowest BCUT2D eigenvalue weighted by molar-refractivity contribution is 0.319. The third-order valence-electron chi connectivity index (χ3n) is 4.02. The summed E-state index contributed by atoms with van der Waals surface area (Å²) in [4.78, 5) is 2.44. The molecule has 114 valence electrons. The zero-order valence-electron chi connectivity index (χ0n) is 12.3. The summed E-state index contributed by atoms with van der Waals surface area (Å²) in [5.74, 6) is 0.510. The zero-order chi connectivity index (χ0) is 15.5. The Hall–Kier alpha value is -1.61. The fraction of sp³-hybridized carbons (Fsp3) is 0.375. The molecule has 3 rings (SSSR count). The largest absolute Gasteiger partial charge is 0.370 e. The van der Waals surface area contributed by atoms with E-state index in [1.54, 1.807) is 0 Å². The Morgan fingerprint density at radius 3 is 2.91 bits per heavy atom. The second kappa shape index (κ2) is 6.66. The van der Waals surface area contributed by atoms with Crippen molar-refractivity contribution < 1.29 is 0 Å². The Morgan fingerprint density at radius 1 is 1.41 bits per heavy atom. The van der Waals surface area contributed by atoms with Gasteiger partial charge in [-0.3, -0.25) is 4.90 Å². The maximum Gasteiger partial charge on any atom is 0.162 e. The van der Waals surface area contributed by atoms with E-state index in [4.69, 9.17) is 16.9 Å². The van der Waals surface area contributed by atoms with Gasteiger partial charge < -0.3 is 5.32 Å². The van der Waals surface area contributed by atoms with Gasteiger partial charge in [-0.25, -0.2) is 0 Å². The van der Waals surface area contributed by atoms with Crippen molar-refractivity contribution in [2.75, 3.05) is 18.4 Å². The van der Waals surface area contributed by atoms with Crippen molar-refractivity contribution >= 4 is 28.1 Å². The highest BCUT2D eigenvalue weighted by Crippen LogP contribution is 2.30. The van der Waals surface area contributed by atoms with E-state index in [1.807, 2.05) is 6.07 Å². The molecule has 1 aromatic heterocycles. The Bertz CT molecular complexity index is 679. The highest BCUT2D eigenvalue weighted by atomic mass is 35.5. The van der Waals surface area contributed by atoms with Crippen LogP contribution in [0.3, 0.4) is 0 Å². The maximum atomic E-state index is 9.16. The summed E-state index contributed by atoms with van der Waals surface area (Å²) >= 11 is 7.19. The van der Waals surface area contributed by atoms with Crippen LogP contribution < -0.4 is 5.32 Å². The van der Waals surface area contributed by atoms with Crippen molar-refractivity contribution in [3.05, 3.63) is 46.6 Å². The molecule has 0 spiro atoms. The van der Waals surface area contributed by atoms with Crippen molar-refractivity contribution in [2.24, 2.45) is 5.92 Å². The second-order valence-corrected chi connectivity index (χ2v) is 6.83. The van der Waals surface area contributed by atoms with E-state index in [0.717, 1.165) is 24.6 Å². The van der Waals surface area contributed by atoms with Crippen LogP contribution in [0, 0.1) is 17.2 Å². The van der Waals surface area contributed by atoms with E-state index in [2.05, 4.69) is 51.8 Å². The minimum atomic E-state index is 0.293. The summed E-state index contributed by atoms with van der Waals surface area (Å²) in [6.07, 6.45) is 0. The van der Waals surface area contributed by atoms with E-state index >= 15 is 0 Å². The normalized spacial score (nSPS) is 21.7. The molecule has 0 aliphatic carbocycles. The van der Waals surface area contributed by atoms with E-state index in [1.165, 1.54) is 17.1 Å². The summed E-state index contributed by atoms with van der Waals surface area (Å²) in [7, 11) is 0. The quantitative estimate of drug-likeness (QED) is 0.929. The molecule has 0 bridgehead atoms. The molecule has 0 amide bonds. The minimum Gasteiger partial charge on any atom is -0.370 e. The van der Waals surface area contributed by atoms with Crippen LogP contribution in [-0.2, 0) is 6.54 Å². The standard InChI is InChI=1S/C16H17ClN4S/c1-11-8-21(9-12-5-3-2-4-6-12)10-14(11)19-16-13(7-18)15(17)20-22-16/h2-6,11,14,19H,8-10H2,1H3. The summed E-state index contributed by atoms with van der Waals surface area (Å²) in [6, 6.07) is 12.9. The molecule has 1 aliphatic rings. The number of hydrogen-bond donors (Lipinski definition) is 1. The van der Waals surface area contributed by atoms with Crippen molar-refractivity contribution in [2.45, 2.75) is 19.5 Å². The van der Waals surface area contributed by atoms with Crippen LogP contribution in [0.4, 0.5) is 5.00 Å². The summed E-state index contributed by atoms with van der Waals surface area (Å²) in [5.41, 5.74) is 1.79. The predicted molar refractivity (Wildman–Crippen MR) is 90.1 cm³/mol. The van der Waals surface area contributed by atoms with Crippen molar-refractivity contribution in [1.82, 2.24) is 9.27 Å². The SMILES string of the molecule is CC1CN(Cc2ccccc2)CC1Nc1snc(Cl)c1C#N. The average Bonchev–Trinajstić information content (AvgIpc) is 3.03. The zero-order valence-corrected chi connectivity index (χ0v) is 13.9. The number of benzene rings is 1. The number of rotatable bonds is 4. The number of nitrogens with zero attached hydrogens (tertiary/aromatic N) is 3. The van der Waals surface area contributed by atoms with E-state index in [-0.39, 0.29) is 0 Å². The van der Waals surface area contributed by atoms with Gasteiger partial charge in [0.15, 0.2) is 5.15 Å². The van der Waals surface area contributed by atoms with Gasteiger partial charge in [-0.05, 0) is 23.0 Å². The lowest BCUT2D eigenvalue weighted by atomic mass is 10.1. The molecule has 1 aliphatic heterocycles. The number of halogens is 1. The summed E-state index contributed by atoms with van der Waals surface area (Å²) in [6.45, 7) is 5.19. The van der Waals surface area contributed by atoms with E-state index in [0.29, 0.717) is 22.7 Å². The highest BCUT2D eigenvalue weighted by Gasteiger charge is 2.30. The number of anilines is 1. The smallest absolute Gasteiger partial charge is 0.162 e. The molecule has 2 unspecified atom stereocenters. The first-order valence-electron chi connectivity index (χ1n) is 7.25. The first kappa shape index (κ1) is 15.3. The molecule has 1 N–H and O–H groups in total. The van der Waals surface area contributed by atoms with Crippen LogP contribution >= 0.6 is 23.1 Å². The van der Waals surface area contributed by atoms with Gasteiger partial charge in [-0.1, -0.05) is 48.9 Å². The van der Waals surface area contributed by atoms with Gasteiger partial charge in [-0.2, -0.15) is 9.64 Å². The van der Waals surface area contributed by atoms with Gasteiger partial charge in [0.25, 0.3) is 0 Å². The van der Waals surface area contributed by atoms with Crippen molar-refractivity contribution in [3.63, 3.8) is 0 Å². The van der Waals surface area contributed by atoms with Crippen LogP contribution in [0.15, 0.2) is 30.3 Å². The molecule has 2 heterocycles. The molecule has 2 atom stereocenters. The summed E-state index contributed by atoms with van der Waals surface area (Å²) in [5, 5.41) is 13.7. The molecule has 0 radical (unpaired) electrons. The van der Waals surface area contributed by atoms with Gasteiger partial charge in [0.2, 0.25) is 0 Å². The molecule has 6 heteroatoms. The average molecular weight is 333 g/mol. The lowest BCUT2D eigenvalue weighted by Gasteiger charge is -2.17. The third-order valence-corrected chi connectivity index (χ3v) is 5.17. The number of nitrogens with one attached hydrogen (secondary N) is 1. The number of likely N-dealkylation sites (tertiary alicyclic amines) is 1. The van der Waals surface area contributed by atoms with Crippen molar-refractivity contribution in [3.8, 4) is 6.07 Å². The number of hydrogen-bond acceptors (Lipinski definition) is 5. The first-order chi connectivity index (χ1) is 10.7. The Kier molecular flexibility index (Phi) is 4.63. The highest BCUT2D eigenvalue weighted by molar-refractivity contribution is 7.10. The topological polar surface area (TPSA) is 52.0 Å². The van der Waals surface area contributed by atoms with Crippen LogP contribution in [-0.4, -0.2) is 28.4 Å². The van der Waals surface area contributed by atoms with Crippen LogP contribution in [0.1, 0.15) is 18.1 Å². The van der Waals surface area contributed by atoms with Gasteiger partial charge in [0.1, 0.15) is 16.6 Å².